The first-order chi connectivity index (χ1) is 25.3. The van der Waals surface area contributed by atoms with Crippen molar-refractivity contribution < 1.29 is 0 Å². The minimum absolute atomic E-state index is 0.582. The lowest BCUT2D eigenvalue weighted by Gasteiger charge is -2.30. The third-order valence-electron chi connectivity index (χ3n) is 11.0. The lowest BCUT2D eigenvalue weighted by Crippen LogP contribution is -2.26. The average Bonchev–Trinajstić information content (AvgIpc) is 3.88. The highest BCUT2D eigenvalue weighted by molar-refractivity contribution is 6.14. The molecule has 0 saturated heterocycles. The van der Waals surface area contributed by atoms with Gasteiger partial charge in [0.05, 0.1) is 27.5 Å². The quantitative estimate of drug-likeness (QED) is 0.186. The largest absolute Gasteiger partial charge is 0.278 e. The molecular formula is C43H24N8. The van der Waals surface area contributed by atoms with Gasteiger partial charge in [-0.25, -0.2) is 29.9 Å². The Morgan fingerprint density at radius 1 is 0.353 bits per heavy atom. The van der Waals surface area contributed by atoms with Crippen molar-refractivity contribution in [3.05, 3.63) is 169 Å². The van der Waals surface area contributed by atoms with Gasteiger partial charge in [-0.1, -0.05) is 84.9 Å². The van der Waals surface area contributed by atoms with Crippen LogP contribution in [-0.4, -0.2) is 39.0 Å². The number of nitrogens with zero attached hydrogens (tertiary/aromatic N) is 8. The molecule has 0 N–H and O–H groups in total. The molecule has 0 amide bonds. The molecule has 0 fully saturated rings. The highest BCUT2D eigenvalue weighted by Gasteiger charge is 2.52. The van der Waals surface area contributed by atoms with Crippen LogP contribution in [-0.2, 0) is 5.41 Å². The Morgan fingerprint density at radius 3 is 1.24 bits per heavy atom. The number of aromatic nitrogens is 8. The predicted molar refractivity (Wildman–Crippen MR) is 198 cm³/mol. The molecule has 8 nitrogen and oxygen atoms in total. The molecular weight excluding hydrogens is 629 g/mol. The molecule has 0 saturated carbocycles. The summed E-state index contributed by atoms with van der Waals surface area (Å²) in [6, 6.07) is 44.4. The van der Waals surface area contributed by atoms with Crippen LogP contribution < -0.4 is 0 Å². The molecule has 0 aliphatic heterocycles. The Kier molecular flexibility index (Phi) is 5.03. The monoisotopic (exact) mass is 652 g/mol. The third-order valence-corrected chi connectivity index (χ3v) is 11.0. The SMILES string of the molecule is c1ccc2c(c1)-c1cc3c4ccccc4n(-c4ncncn4)c3cc1C21c2ccccc2-c2cc3c4ccccc4n(-c4ncncn4)c3cc21. The van der Waals surface area contributed by atoms with Crippen molar-refractivity contribution in [3.63, 3.8) is 0 Å². The summed E-state index contributed by atoms with van der Waals surface area (Å²) in [5, 5.41) is 4.64. The maximum Gasteiger partial charge on any atom is 0.237 e. The molecule has 4 aromatic heterocycles. The van der Waals surface area contributed by atoms with E-state index in [4.69, 9.17) is 0 Å². The molecule has 12 rings (SSSR count). The van der Waals surface area contributed by atoms with Crippen molar-refractivity contribution in [1.29, 1.82) is 0 Å². The van der Waals surface area contributed by atoms with E-state index < -0.39 is 5.41 Å². The molecule has 236 valence electrons. The first kappa shape index (κ1) is 26.8. The van der Waals surface area contributed by atoms with Crippen molar-refractivity contribution in [2.24, 2.45) is 0 Å². The lowest BCUT2D eigenvalue weighted by molar-refractivity contribution is 0.794. The van der Waals surface area contributed by atoms with E-state index in [2.05, 4.69) is 160 Å². The molecule has 8 heteroatoms. The zero-order valence-corrected chi connectivity index (χ0v) is 26.9. The van der Waals surface area contributed by atoms with E-state index >= 15 is 0 Å². The highest BCUT2D eigenvalue weighted by atomic mass is 15.2. The molecule has 0 atom stereocenters. The van der Waals surface area contributed by atoms with Gasteiger partial charge >= 0.3 is 0 Å². The Balaban J connectivity index is 1.27. The second kappa shape index (κ2) is 9.55. The Morgan fingerprint density at radius 2 is 0.765 bits per heavy atom. The number of fused-ring (bicyclic) bond motifs is 16. The molecule has 4 heterocycles. The van der Waals surface area contributed by atoms with E-state index in [0.29, 0.717) is 11.9 Å². The number of hydrogen-bond acceptors (Lipinski definition) is 6. The summed E-state index contributed by atoms with van der Waals surface area (Å²) in [7, 11) is 0. The number of hydrogen-bond donors (Lipinski definition) is 0. The molecule has 0 bridgehead atoms. The molecule has 51 heavy (non-hydrogen) atoms. The smallest absolute Gasteiger partial charge is 0.237 e. The van der Waals surface area contributed by atoms with Gasteiger partial charge in [-0.15, -0.1) is 0 Å². The average molecular weight is 653 g/mol. The number of rotatable bonds is 2. The van der Waals surface area contributed by atoms with E-state index in [1.54, 1.807) is 25.3 Å². The van der Waals surface area contributed by atoms with Crippen molar-refractivity contribution in [3.8, 4) is 34.2 Å². The minimum Gasteiger partial charge on any atom is -0.278 e. The van der Waals surface area contributed by atoms with Crippen LogP contribution in [0.1, 0.15) is 22.3 Å². The summed E-state index contributed by atoms with van der Waals surface area (Å²) in [5.41, 5.74) is 13.6. The van der Waals surface area contributed by atoms with Gasteiger partial charge in [0.1, 0.15) is 25.3 Å². The van der Waals surface area contributed by atoms with Gasteiger partial charge < -0.3 is 0 Å². The van der Waals surface area contributed by atoms with Crippen LogP contribution in [0.2, 0.25) is 0 Å². The number of para-hydroxylation sites is 2. The van der Waals surface area contributed by atoms with Crippen molar-refractivity contribution >= 4 is 43.6 Å². The fraction of sp³-hybridized carbons (Fsp3) is 0.0233. The summed E-state index contributed by atoms with van der Waals surface area (Å²) < 4.78 is 4.35. The first-order valence-electron chi connectivity index (χ1n) is 16.9. The van der Waals surface area contributed by atoms with E-state index in [-0.39, 0.29) is 0 Å². The van der Waals surface area contributed by atoms with Crippen LogP contribution in [0.5, 0.6) is 0 Å². The summed E-state index contributed by atoms with van der Waals surface area (Å²) in [6.07, 6.45) is 6.25. The van der Waals surface area contributed by atoms with Gasteiger partial charge in [0, 0.05) is 21.5 Å². The zero-order valence-electron chi connectivity index (χ0n) is 26.9. The molecule has 0 radical (unpaired) electrons. The lowest BCUT2D eigenvalue weighted by atomic mass is 9.70. The van der Waals surface area contributed by atoms with Gasteiger partial charge in [0.25, 0.3) is 0 Å². The molecule has 0 unspecified atom stereocenters. The van der Waals surface area contributed by atoms with Crippen LogP contribution in [0.15, 0.2) is 147 Å². The molecule has 10 aromatic rings. The van der Waals surface area contributed by atoms with Crippen LogP contribution >= 0.6 is 0 Å². The fourth-order valence-corrected chi connectivity index (χ4v) is 9.19. The number of benzene rings is 6. The predicted octanol–water partition coefficient (Wildman–Crippen LogP) is 8.59. The van der Waals surface area contributed by atoms with E-state index in [0.717, 1.165) is 43.6 Å². The minimum atomic E-state index is -0.582. The summed E-state index contributed by atoms with van der Waals surface area (Å²) in [6.45, 7) is 0. The third kappa shape index (κ3) is 3.24. The Bertz CT molecular complexity index is 2880. The van der Waals surface area contributed by atoms with Crippen molar-refractivity contribution in [1.82, 2.24) is 39.0 Å². The summed E-state index contributed by atoms with van der Waals surface area (Å²) in [4.78, 5) is 26.8. The molecule has 2 aliphatic rings. The zero-order chi connectivity index (χ0) is 33.3. The highest BCUT2D eigenvalue weighted by Crippen LogP contribution is 2.64. The second-order valence-electron chi connectivity index (χ2n) is 13.3. The van der Waals surface area contributed by atoms with Gasteiger partial charge in [0.2, 0.25) is 11.9 Å². The molecule has 6 aromatic carbocycles. The van der Waals surface area contributed by atoms with Crippen LogP contribution in [0, 0.1) is 0 Å². The Hall–Kier alpha value is -7.06. The summed E-state index contributed by atoms with van der Waals surface area (Å²) in [5.74, 6) is 1.19. The van der Waals surface area contributed by atoms with Gasteiger partial charge in [-0.3, -0.25) is 9.13 Å². The maximum absolute atomic E-state index is 4.63. The maximum atomic E-state index is 4.63. The summed E-state index contributed by atoms with van der Waals surface area (Å²) >= 11 is 0. The van der Waals surface area contributed by atoms with E-state index in [1.165, 1.54) is 44.5 Å². The topological polar surface area (TPSA) is 87.2 Å². The Labute approximate surface area is 290 Å². The van der Waals surface area contributed by atoms with E-state index in [1.807, 2.05) is 0 Å². The van der Waals surface area contributed by atoms with Crippen molar-refractivity contribution in [2.45, 2.75) is 5.41 Å². The van der Waals surface area contributed by atoms with Crippen LogP contribution in [0.4, 0.5) is 0 Å². The normalized spacial score (nSPS) is 13.6. The molecule has 1 spiro atoms. The first-order valence-corrected chi connectivity index (χ1v) is 16.9. The standard InChI is InChI=1S/C43H24N8/c1-5-13-33-25(9-1)29-17-31-27-11-3-7-15-37(27)50(41-46-21-44-22-47-41)39(31)19-35(29)43(33)34-14-6-2-10-26(34)30-18-32-28-12-4-8-16-38(28)51(40(32)20-36(30)43)42-48-23-45-24-49-42/h1-24H. The second-order valence-corrected chi connectivity index (χ2v) is 13.3. The van der Waals surface area contributed by atoms with Gasteiger partial charge in [-0.05, 0) is 80.9 Å². The van der Waals surface area contributed by atoms with Crippen molar-refractivity contribution in [2.75, 3.05) is 0 Å². The van der Waals surface area contributed by atoms with Crippen LogP contribution in [0.25, 0.3) is 77.8 Å². The van der Waals surface area contributed by atoms with Crippen LogP contribution in [0.3, 0.4) is 0 Å². The van der Waals surface area contributed by atoms with E-state index in [9.17, 15) is 0 Å². The van der Waals surface area contributed by atoms with Gasteiger partial charge in [0.15, 0.2) is 0 Å². The molecule has 2 aliphatic carbocycles. The fourth-order valence-electron chi connectivity index (χ4n) is 9.19. The van der Waals surface area contributed by atoms with Gasteiger partial charge in [-0.2, -0.15) is 0 Å².